The van der Waals surface area contributed by atoms with E-state index in [1.807, 2.05) is 6.92 Å². The Morgan fingerprint density at radius 1 is 1.36 bits per heavy atom. The van der Waals surface area contributed by atoms with E-state index in [2.05, 4.69) is 4.98 Å². The van der Waals surface area contributed by atoms with Crippen LogP contribution in [0.15, 0.2) is 18.3 Å². The minimum absolute atomic E-state index is 0.0442. The second-order valence-electron chi connectivity index (χ2n) is 5.27. The average Bonchev–Trinajstić information content (AvgIpc) is 2.91. The van der Waals surface area contributed by atoms with Gasteiger partial charge in [0, 0.05) is 43.5 Å². The summed E-state index contributed by atoms with van der Waals surface area (Å²) < 4.78 is 1.79. The summed E-state index contributed by atoms with van der Waals surface area (Å²) in [7, 11) is 0. The molecular formula is C15H17ClN4O2. The van der Waals surface area contributed by atoms with E-state index >= 15 is 0 Å². The highest BCUT2D eigenvalue weighted by molar-refractivity contribution is 6.30. The lowest BCUT2D eigenvalue weighted by atomic mass is 10.2. The molecule has 1 fully saturated rings. The predicted octanol–water partition coefficient (Wildman–Crippen LogP) is 1.46. The molecule has 2 aromatic heterocycles. The lowest BCUT2D eigenvalue weighted by Crippen LogP contribution is -2.48. The molecule has 1 aliphatic heterocycles. The van der Waals surface area contributed by atoms with Crippen LogP contribution in [0.5, 0.6) is 0 Å². The standard InChI is InChI=1S/C15H17ClN4O2/c1-2-12-14(20-4-3-11(16)9-13(20)17-12)15(22)19-7-5-18(10-21)6-8-19/h3-4,9-10H,2,5-8H2,1H3. The molecule has 0 aliphatic carbocycles. The zero-order valence-electron chi connectivity index (χ0n) is 12.3. The molecule has 2 aromatic rings. The van der Waals surface area contributed by atoms with Crippen molar-refractivity contribution in [3.63, 3.8) is 0 Å². The fraction of sp³-hybridized carbons (Fsp3) is 0.400. The molecule has 116 valence electrons. The van der Waals surface area contributed by atoms with Crippen LogP contribution in [0.25, 0.3) is 5.65 Å². The first kappa shape index (κ1) is 14.8. The van der Waals surface area contributed by atoms with E-state index in [-0.39, 0.29) is 5.91 Å². The van der Waals surface area contributed by atoms with Gasteiger partial charge in [-0.05, 0) is 12.5 Å². The predicted molar refractivity (Wildman–Crippen MR) is 83.1 cm³/mol. The normalized spacial score (nSPS) is 15.4. The summed E-state index contributed by atoms with van der Waals surface area (Å²) in [5.41, 5.74) is 2.04. The van der Waals surface area contributed by atoms with E-state index in [9.17, 15) is 9.59 Å². The number of aromatic nitrogens is 2. The molecule has 0 atom stereocenters. The van der Waals surface area contributed by atoms with Crippen LogP contribution >= 0.6 is 11.6 Å². The molecule has 0 aromatic carbocycles. The second-order valence-corrected chi connectivity index (χ2v) is 5.70. The first-order valence-electron chi connectivity index (χ1n) is 7.29. The van der Waals surface area contributed by atoms with Gasteiger partial charge in [0.1, 0.15) is 11.3 Å². The average molecular weight is 321 g/mol. The number of pyridine rings is 1. The summed E-state index contributed by atoms with van der Waals surface area (Å²) in [6, 6.07) is 3.50. The Balaban J connectivity index is 1.95. The van der Waals surface area contributed by atoms with E-state index in [1.165, 1.54) is 0 Å². The minimum Gasteiger partial charge on any atom is -0.342 e. The number of carbonyl (C=O) groups is 2. The van der Waals surface area contributed by atoms with E-state index in [0.717, 1.165) is 12.1 Å². The Hall–Kier alpha value is -2.08. The van der Waals surface area contributed by atoms with Gasteiger partial charge in [-0.3, -0.25) is 14.0 Å². The van der Waals surface area contributed by atoms with Gasteiger partial charge in [0.2, 0.25) is 6.41 Å². The molecule has 7 heteroatoms. The van der Waals surface area contributed by atoms with Gasteiger partial charge >= 0.3 is 0 Å². The highest BCUT2D eigenvalue weighted by Crippen LogP contribution is 2.19. The smallest absolute Gasteiger partial charge is 0.272 e. The van der Waals surface area contributed by atoms with E-state index in [0.29, 0.717) is 49.0 Å². The number of hydrogen-bond donors (Lipinski definition) is 0. The maximum absolute atomic E-state index is 12.9. The van der Waals surface area contributed by atoms with Crippen molar-refractivity contribution < 1.29 is 9.59 Å². The van der Waals surface area contributed by atoms with Gasteiger partial charge < -0.3 is 9.80 Å². The van der Waals surface area contributed by atoms with Crippen LogP contribution in [0, 0.1) is 0 Å². The van der Waals surface area contributed by atoms with Crippen LogP contribution in [0.4, 0.5) is 0 Å². The Labute approximate surface area is 133 Å². The van der Waals surface area contributed by atoms with Crippen LogP contribution in [0.3, 0.4) is 0 Å². The number of rotatable bonds is 3. The molecule has 3 rings (SSSR count). The van der Waals surface area contributed by atoms with Crippen molar-refractivity contribution in [2.24, 2.45) is 0 Å². The maximum Gasteiger partial charge on any atom is 0.272 e. The molecular weight excluding hydrogens is 304 g/mol. The molecule has 0 N–H and O–H groups in total. The number of fused-ring (bicyclic) bond motifs is 1. The van der Waals surface area contributed by atoms with E-state index < -0.39 is 0 Å². The van der Waals surface area contributed by atoms with Crippen LogP contribution in [-0.4, -0.2) is 57.7 Å². The third kappa shape index (κ3) is 2.54. The van der Waals surface area contributed by atoms with Gasteiger partial charge in [-0.2, -0.15) is 0 Å². The summed E-state index contributed by atoms with van der Waals surface area (Å²) in [4.78, 5) is 31.6. The number of imidazole rings is 1. The first-order valence-corrected chi connectivity index (χ1v) is 7.67. The Bertz CT molecular complexity index is 720. The van der Waals surface area contributed by atoms with Crippen LogP contribution in [0.1, 0.15) is 23.1 Å². The van der Waals surface area contributed by atoms with Crippen molar-refractivity contribution in [3.05, 3.63) is 34.7 Å². The molecule has 22 heavy (non-hydrogen) atoms. The number of amides is 2. The number of halogens is 1. The third-order valence-electron chi connectivity index (χ3n) is 3.95. The summed E-state index contributed by atoms with van der Waals surface area (Å²) in [6.07, 6.45) is 3.28. The van der Waals surface area contributed by atoms with Gasteiger partial charge in [0.15, 0.2) is 0 Å². The fourth-order valence-electron chi connectivity index (χ4n) is 2.72. The molecule has 1 aliphatic rings. The summed E-state index contributed by atoms with van der Waals surface area (Å²) in [6.45, 7) is 4.20. The molecule has 3 heterocycles. The van der Waals surface area contributed by atoms with E-state index in [1.54, 1.807) is 32.5 Å². The molecule has 6 nitrogen and oxygen atoms in total. The number of piperazine rings is 1. The van der Waals surface area contributed by atoms with Crippen molar-refractivity contribution in [1.82, 2.24) is 19.2 Å². The Morgan fingerprint density at radius 2 is 2.09 bits per heavy atom. The molecule has 0 saturated carbocycles. The quantitative estimate of drug-likeness (QED) is 0.805. The minimum atomic E-state index is -0.0442. The summed E-state index contributed by atoms with van der Waals surface area (Å²) >= 11 is 6.00. The number of aryl methyl sites for hydroxylation is 1. The van der Waals surface area contributed by atoms with Gasteiger partial charge in [0.05, 0.1) is 5.69 Å². The molecule has 0 spiro atoms. The van der Waals surface area contributed by atoms with Gasteiger partial charge in [0.25, 0.3) is 5.91 Å². The monoisotopic (exact) mass is 320 g/mol. The van der Waals surface area contributed by atoms with E-state index in [4.69, 9.17) is 11.6 Å². The van der Waals surface area contributed by atoms with Gasteiger partial charge in [-0.1, -0.05) is 18.5 Å². The highest BCUT2D eigenvalue weighted by Gasteiger charge is 2.26. The zero-order chi connectivity index (χ0) is 15.7. The van der Waals surface area contributed by atoms with Crippen molar-refractivity contribution in [2.45, 2.75) is 13.3 Å². The topological polar surface area (TPSA) is 57.9 Å². The molecule has 2 amide bonds. The molecule has 0 radical (unpaired) electrons. The zero-order valence-corrected chi connectivity index (χ0v) is 13.1. The van der Waals surface area contributed by atoms with Crippen molar-refractivity contribution >= 4 is 29.6 Å². The molecule has 0 unspecified atom stereocenters. The SMILES string of the molecule is CCc1nc2cc(Cl)ccn2c1C(=O)N1CCN(C=O)CC1. The van der Waals surface area contributed by atoms with Crippen LogP contribution in [0.2, 0.25) is 5.02 Å². The summed E-state index contributed by atoms with van der Waals surface area (Å²) in [5, 5.41) is 0.596. The second kappa shape index (κ2) is 5.96. The first-order chi connectivity index (χ1) is 10.6. The van der Waals surface area contributed by atoms with Crippen LogP contribution in [-0.2, 0) is 11.2 Å². The van der Waals surface area contributed by atoms with Gasteiger partial charge in [-0.25, -0.2) is 4.98 Å². The number of nitrogens with zero attached hydrogens (tertiary/aromatic N) is 4. The largest absolute Gasteiger partial charge is 0.342 e. The molecule has 1 saturated heterocycles. The molecule has 0 bridgehead atoms. The van der Waals surface area contributed by atoms with Gasteiger partial charge in [-0.15, -0.1) is 0 Å². The Morgan fingerprint density at radius 3 is 2.73 bits per heavy atom. The third-order valence-corrected chi connectivity index (χ3v) is 4.18. The fourth-order valence-corrected chi connectivity index (χ4v) is 2.88. The van der Waals surface area contributed by atoms with Crippen molar-refractivity contribution in [3.8, 4) is 0 Å². The maximum atomic E-state index is 12.9. The van der Waals surface area contributed by atoms with Crippen LogP contribution < -0.4 is 0 Å². The number of hydrogen-bond acceptors (Lipinski definition) is 3. The van der Waals surface area contributed by atoms with Crippen molar-refractivity contribution in [2.75, 3.05) is 26.2 Å². The lowest BCUT2D eigenvalue weighted by Gasteiger charge is -2.32. The number of carbonyl (C=O) groups excluding carboxylic acids is 2. The summed E-state index contributed by atoms with van der Waals surface area (Å²) in [5.74, 6) is -0.0442. The van der Waals surface area contributed by atoms with Crippen molar-refractivity contribution in [1.29, 1.82) is 0 Å². The highest BCUT2D eigenvalue weighted by atomic mass is 35.5. The Kier molecular flexibility index (Phi) is 4.02. The lowest BCUT2D eigenvalue weighted by molar-refractivity contribution is -0.119.